The molecule has 0 saturated carbocycles. The molecule has 0 spiro atoms. The Labute approximate surface area is 68.8 Å². The van der Waals surface area contributed by atoms with Crippen LogP contribution in [0.25, 0.3) is 10.4 Å². The van der Waals surface area contributed by atoms with Gasteiger partial charge >= 0.3 is 0 Å². The molecule has 0 aliphatic rings. The molecular formula is C7H7N3O2. The summed E-state index contributed by atoms with van der Waals surface area (Å²) in [6.45, 7) is 0. The third-order valence-electron chi connectivity index (χ3n) is 1.34. The van der Waals surface area contributed by atoms with E-state index < -0.39 is 0 Å². The fourth-order valence-corrected chi connectivity index (χ4v) is 0.763. The van der Waals surface area contributed by atoms with Gasteiger partial charge < -0.3 is 9.84 Å². The highest BCUT2D eigenvalue weighted by Gasteiger charge is 1.99. The highest BCUT2D eigenvalue weighted by molar-refractivity contribution is 5.53. The molecule has 0 aliphatic carbocycles. The first-order chi connectivity index (χ1) is 5.77. The number of hydrogen-bond acceptors (Lipinski definition) is 3. The molecule has 0 amide bonds. The fraction of sp³-hybridized carbons (Fsp3) is 0.143. The minimum atomic E-state index is -0.0906. The second-order valence-electron chi connectivity index (χ2n) is 2.04. The van der Waals surface area contributed by atoms with Gasteiger partial charge in [0.2, 0.25) is 0 Å². The molecule has 1 aromatic carbocycles. The van der Waals surface area contributed by atoms with Crippen molar-refractivity contribution in [2.75, 3.05) is 7.11 Å². The third kappa shape index (κ3) is 1.59. The smallest absolute Gasteiger partial charge is 0.128 e. The molecule has 0 radical (unpaired) electrons. The van der Waals surface area contributed by atoms with E-state index in [1.54, 1.807) is 6.07 Å². The molecule has 0 bridgehead atoms. The number of hydrogen-bond donors (Lipinski definition) is 1. The van der Waals surface area contributed by atoms with Crippen LogP contribution < -0.4 is 4.74 Å². The highest BCUT2D eigenvalue weighted by Crippen LogP contribution is 2.30. The zero-order chi connectivity index (χ0) is 8.97. The molecule has 62 valence electrons. The average molecular weight is 165 g/mol. The van der Waals surface area contributed by atoms with Crippen LogP contribution in [0.1, 0.15) is 0 Å². The van der Waals surface area contributed by atoms with E-state index in [0.717, 1.165) is 0 Å². The number of phenols is 1. The van der Waals surface area contributed by atoms with Crippen LogP contribution in [-0.2, 0) is 0 Å². The first-order valence-corrected chi connectivity index (χ1v) is 3.20. The Balaban J connectivity index is 3.11. The summed E-state index contributed by atoms with van der Waals surface area (Å²) in [7, 11) is 1.49. The normalized spacial score (nSPS) is 8.75. The predicted molar refractivity (Wildman–Crippen MR) is 43.5 cm³/mol. The number of ether oxygens (including phenoxy) is 1. The van der Waals surface area contributed by atoms with E-state index in [1.165, 1.54) is 19.2 Å². The summed E-state index contributed by atoms with van der Waals surface area (Å²) >= 11 is 0. The van der Waals surface area contributed by atoms with Gasteiger partial charge in [-0.05, 0) is 17.7 Å². The molecule has 5 nitrogen and oxygen atoms in total. The van der Waals surface area contributed by atoms with E-state index in [0.29, 0.717) is 5.75 Å². The Morgan fingerprint density at radius 1 is 1.58 bits per heavy atom. The standard InChI is InChI=1S/C7H7N3O2/c1-12-5-2-3-6(9-10-8)7(11)4-5/h2-4,11H,1H3. The lowest BCUT2D eigenvalue weighted by Gasteiger charge is -2.01. The van der Waals surface area contributed by atoms with E-state index in [4.69, 9.17) is 10.3 Å². The first-order valence-electron chi connectivity index (χ1n) is 3.20. The Morgan fingerprint density at radius 2 is 2.33 bits per heavy atom. The van der Waals surface area contributed by atoms with E-state index >= 15 is 0 Å². The van der Waals surface area contributed by atoms with Crippen molar-refractivity contribution < 1.29 is 9.84 Å². The van der Waals surface area contributed by atoms with Crippen LogP contribution in [0, 0.1) is 0 Å². The van der Waals surface area contributed by atoms with Gasteiger partial charge in [0.05, 0.1) is 12.8 Å². The molecule has 0 atom stereocenters. The second-order valence-corrected chi connectivity index (χ2v) is 2.04. The third-order valence-corrected chi connectivity index (χ3v) is 1.34. The number of aromatic hydroxyl groups is 1. The molecule has 1 rings (SSSR count). The van der Waals surface area contributed by atoms with Crippen molar-refractivity contribution in [3.63, 3.8) is 0 Å². The topological polar surface area (TPSA) is 78.2 Å². The van der Waals surface area contributed by atoms with Crippen molar-refractivity contribution in [3.8, 4) is 11.5 Å². The van der Waals surface area contributed by atoms with Gasteiger partial charge in [0, 0.05) is 11.0 Å². The molecule has 0 aliphatic heterocycles. The van der Waals surface area contributed by atoms with Crippen molar-refractivity contribution in [3.05, 3.63) is 28.6 Å². The van der Waals surface area contributed by atoms with Gasteiger partial charge in [-0.3, -0.25) is 0 Å². The molecular weight excluding hydrogens is 158 g/mol. The van der Waals surface area contributed by atoms with Gasteiger partial charge in [0.15, 0.2) is 0 Å². The van der Waals surface area contributed by atoms with Crippen LogP contribution in [0.5, 0.6) is 11.5 Å². The van der Waals surface area contributed by atoms with Gasteiger partial charge in [-0.15, -0.1) is 0 Å². The van der Waals surface area contributed by atoms with Crippen LogP contribution in [-0.4, -0.2) is 12.2 Å². The number of methoxy groups -OCH3 is 1. The molecule has 5 heteroatoms. The minimum Gasteiger partial charge on any atom is -0.507 e. The highest BCUT2D eigenvalue weighted by atomic mass is 16.5. The van der Waals surface area contributed by atoms with Crippen LogP contribution in [0.4, 0.5) is 5.69 Å². The van der Waals surface area contributed by atoms with Gasteiger partial charge in [-0.1, -0.05) is 5.11 Å². The summed E-state index contributed by atoms with van der Waals surface area (Å²) in [5.74, 6) is 0.427. The predicted octanol–water partition coefficient (Wildman–Crippen LogP) is 2.34. The fourth-order valence-electron chi connectivity index (χ4n) is 0.763. The largest absolute Gasteiger partial charge is 0.507 e. The summed E-state index contributed by atoms with van der Waals surface area (Å²) in [4.78, 5) is 2.55. The molecule has 0 heterocycles. The number of rotatable bonds is 2. The summed E-state index contributed by atoms with van der Waals surface area (Å²) in [5, 5.41) is 12.5. The molecule has 0 aromatic heterocycles. The van der Waals surface area contributed by atoms with Crippen molar-refractivity contribution in [1.29, 1.82) is 0 Å². The summed E-state index contributed by atoms with van der Waals surface area (Å²) in [5.41, 5.74) is 8.28. The van der Waals surface area contributed by atoms with E-state index in [-0.39, 0.29) is 11.4 Å². The lowest BCUT2D eigenvalue weighted by Crippen LogP contribution is -1.80. The SMILES string of the molecule is COc1ccc(N=[N+]=[N-])c(O)c1. The maximum Gasteiger partial charge on any atom is 0.128 e. The van der Waals surface area contributed by atoms with Gasteiger partial charge in [-0.25, -0.2) is 0 Å². The second kappa shape index (κ2) is 3.50. The minimum absolute atomic E-state index is 0.0906. The van der Waals surface area contributed by atoms with Crippen LogP contribution in [0.2, 0.25) is 0 Å². The Bertz CT molecular complexity index is 331. The lowest BCUT2D eigenvalue weighted by atomic mass is 10.3. The number of benzene rings is 1. The number of nitrogens with zero attached hydrogens (tertiary/aromatic N) is 3. The average Bonchev–Trinajstić information content (AvgIpc) is 2.09. The zero-order valence-corrected chi connectivity index (χ0v) is 6.43. The first kappa shape index (κ1) is 8.23. The van der Waals surface area contributed by atoms with Gasteiger partial charge in [0.25, 0.3) is 0 Å². The molecule has 0 fully saturated rings. The Kier molecular flexibility index (Phi) is 2.40. The zero-order valence-electron chi connectivity index (χ0n) is 6.43. The summed E-state index contributed by atoms with van der Waals surface area (Å²) < 4.78 is 4.83. The quantitative estimate of drug-likeness (QED) is 0.414. The maximum absolute atomic E-state index is 9.21. The molecule has 12 heavy (non-hydrogen) atoms. The number of azide groups is 1. The van der Waals surface area contributed by atoms with Crippen LogP contribution in [0.15, 0.2) is 23.3 Å². The number of phenolic OH excluding ortho intramolecular Hbond substituents is 1. The van der Waals surface area contributed by atoms with Crippen LogP contribution in [0.3, 0.4) is 0 Å². The van der Waals surface area contributed by atoms with E-state index in [2.05, 4.69) is 10.0 Å². The van der Waals surface area contributed by atoms with Crippen molar-refractivity contribution in [2.45, 2.75) is 0 Å². The van der Waals surface area contributed by atoms with E-state index in [1.807, 2.05) is 0 Å². The Morgan fingerprint density at radius 3 is 2.83 bits per heavy atom. The van der Waals surface area contributed by atoms with Crippen LogP contribution >= 0.6 is 0 Å². The van der Waals surface area contributed by atoms with Crippen molar-refractivity contribution in [1.82, 2.24) is 0 Å². The maximum atomic E-state index is 9.21. The molecule has 0 saturated heterocycles. The van der Waals surface area contributed by atoms with Crippen molar-refractivity contribution in [2.24, 2.45) is 5.11 Å². The lowest BCUT2D eigenvalue weighted by molar-refractivity contribution is 0.408. The van der Waals surface area contributed by atoms with Crippen molar-refractivity contribution >= 4 is 5.69 Å². The van der Waals surface area contributed by atoms with E-state index in [9.17, 15) is 5.11 Å². The monoisotopic (exact) mass is 165 g/mol. The molecule has 1 aromatic rings. The van der Waals surface area contributed by atoms with Gasteiger partial charge in [-0.2, -0.15) is 0 Å². The molecule has 0 unspecified atom stereocenters. The Hall–Kier alpha value is -1.87. The van der Waals surface area contributed by atoms with Gasteiger partial charge in [0.1, 0.15) is 11.5 Å². The summed E-state index contributed by atoms with van der Waals surface area (Å²) in [6, 6.07) is 4.46. The summed E-state index contributed by atoms with van der Waals surface area (Å²) in [6.07, 6.45) is 0. The molecule has 1 N–H and O–H groups in total.